The summed E-state index contributed by atoms with van der Waals surface area (Å²) in [6.07, 6.45) is 3.45. The van der Waals surface area contributed by atoms with Gasteiger partial charge >= 0.3 is 11.9 Å². The Labute approximate surface area is 327 Å². The Morgan fingerprint density at radius 2 is 1.84 bits per heavy atom. The van der Waals surface area contributed by atoms with E-state index in [1.54, 1.807) is 18.3 Å². The molecular formula is C42H45N3O12. The highest BCUT2D eigenvalue weighted by Crippen LogP contribution is 2.59. The number of aromatic amines is 1. The molecule has 2 aliphatic carbocycles. The van der Waals surface area contributed by atoms with E-state index < -0.39 is 77.7 Å². The molecule has 9 atom stereocenters. The molecule has 0 radical (unpaired) electrons. The molecule has 1 amide bonds. The van der Waals surface area contributed by atoms with E-state index in [0.29, 0.717) is 29.5 Å². The molecule has 3 aromatic carbocycles. The highest BCUT2D eigenvalue weighted by atomic mass is 16.8. The molecule has 2 aliphatic heterocycles. The van der Waals surface area contributed by atoms with E-state index in [9.17, 15) is 50.4 Å². The number of imidazole rings is 1. The van der Waals surface area contributed by atoms with Gasteiger partial charge in [0.05, 0.1) is 18.6 Å². The molecule has 0 unspecified atom stereocenters. The number of nitrogens with one attached hydrogen (secondary N) is 1. The molecule has 4 aliphatic rings. The minimum Gasteiger partial charge on any atom is -0.508 e. The van der Waals surface area contributed by atoms with E-state index in [-0.39, 0.29) is 17.4 Å². The van der Waals surface area contributed by atoms with Gasteiger partial charge in [0.25, 0.3) is 5.91 Å². The number of fused-ring (bicyclic) bond motifs is 4. The summed E-state index contributed by atoms with van der Waals surface area (Å²) < 4.78 is 10.9. The number of ether oxygens (including phenoxy) is 2. The van der Waals surface area contributed by atoms with Crippen LogP contribution in [0.3, 0.4) is 0 Å². The average molecular weight is 784 g/mol. The summed E-state index contributed by atoms with van der Waals surface area (Å²) in [5.74, 6) is -6.72. The maximum atomic E-state index is 14.4. The molecule has 9 N–H and O–H groups in total. The molecule has 1 aromatic heterocycles. The molecule has 15 heteroatoms. The van der Waals surface area contributed by atoms with Gasteiger partial charge in [-0.2, -0.15) is 0 Å². The lowest BCUT2D eigenvalue weighted by atomic mass is 9.60. The Bertz CT molecular complexity index is 2190. The van der Waals surface area contributed by atoms with Gasteiger partial charge in [0.1, 0.15) is 30.1 Å². The normalized spacial score (nSPS) is 30.5. The zero-order valence-electron chi connectivity index (χ0n) is 30.8. The first-order valence-corrected chi connectivity index (χ1v) is 19.1. The summed E-state index contributed by atoms with van der Waals surface area (Å²) in [5, 5.41) is 85.3. The first-order chi connectivity index (χ1) is 27.3. The summed E-state index contributed by atoms with van der Waals surface area (Å²) in [6.45, 7) is -0.874. The number of aliphatic hydroxyl groups excluding tert-OH is 4. The standard InChI is InChI=1S/C42H45N3O12/c46-20-34-37(50)38(51)39(52)42(55,57-34)56-33-17-30-27(16-32(33)48)28(18-41-13-3-5-25(41)10-9-23-4-1-2-6-29(23)41)36(40(53)54)45(30)35(49)12-8-22-7-11-31(47)24(14-22)15-26-19-43-21-44-26/h1-2,4,6-8,11-12,14,16-17,19,21,25,28,34,36-39,46-48,50-52,55H,3,5,9-10,13,15,18,20H2,(H,43,44)(H,53,54)/b12-8+/t25-,28+,34+,36+,37+,38-,39+,41+,42-/m0/s1. The fraction of sp³-hybridized carbons (Fsp3) is 0.405. The van der Waals surface area contributed by atoms with Gasteiger partial charge in [-0.1, -0.05) is 36.8 Å². The smallest absolute Gasteiger partial charge is 0.355 e. The first kappa shape index (κ1) is 38.6. The highest BCUT2D eigenvalue weighted by molar-refractivity contribution is 6.10. The van der Waals surface area contributed by atoms with Crippen LogP contribution in [0.1, 0.15) is 71.5 Å². The Kier molecular flexibility index (Phi) is 10.1. The zero-order valence-corrected chi connectivity index (χ0v) is 30.8. The largest absolute Gasteiger partial charge is 0.508 e. The molecule has 4 aromatic rings. The van der Waals surface area contributed by atoms with Crippen LogP contribution in [0.25, 0.3) is 6.08 Å². The van der Waals surface area contributed by atoms with Gasteiger partial charge in [-0.05, 0) is 90.0 Å². The number of anilines is 1. The second-order valence-electron chi connectivity index (χ2n) is 15.6. The number of amides is 1. The molecule has 3 heterocycles. The van der Waals surface area contributed by atoms with Crippen molar-refractivity contribution in [1.29, 1.82) is 0 Å². The zero-order chi connectivity index (χ0) is 40.2. The summed E-state index contributed by atoms with van der Waals surface area (Å²) >= 11 is 0. The molecule has 2 fully saturated rings. The third kappa shape index (κ3) is 6.73. The van der Waals surface area contributed by atoms with Crippen LogP contribution in [-0.4, -0.2) is 106 Å². The lowest BCUT2D eigenvalue weighted by Gasteiger charge is -2.44. The maximum Gasteiger partial charge on any atom is 0.355 e. The number of hydrogen-bond donors (Lipinski definition) is 9. The fourth-order valence-electron chi connectivity index (χ4n) is 9.72. The topological polar surface area (TPSA) is 246 Å². The van der Waals surface area contributed by atoms with Crippen LogP contribution >= 0.6 is 0 Å². The van der Waals surface area contributed by atoms with Crippen molar-refractivity contribution in [2.24, 2.45) is 5.92 Å². The van der Waals surface area contributed by atoms with Gasteiger partial charge < -0.3 is 55.3 Å². The third-order valence-electron chi connectivity index (χ3n) is 12.4. The number of carbonyl (C=O) groups excluding carboxylic acids is 1. The Hall–Kier alpha value is -5.29. The number of aliphatic hydroxyl groups is 5. The van der Waals surface area contributed by atoms with E-state index >= 15 is 0 Å². The number of aryl methyl sites for hydroxylation is 1. The van der Waals surface area contributed by atoms with Crippen LogP contribution in [0, 0.1) is 5.92 Å². The number of benzene rings is 3. The van der Waals surface area contributed by atoms with Crippen LogP contribution in [-0.2, 0) is 32.6 Å². The van der Waals surface area contributed by atoms with Crippen LogP contribution in [0.4, 0.5) is 5.69 Å². The average Bonchev–Trinajstić information content (AvgIpc) is 3.94. The van der Waals surface area contributed by atoms with E-state index in [1.807, 2.05) is 12.1 Å². The van der Waals surface area contributed by atoms with Crippen molar-refractivity contribution >= 4 is 23.6 Å². The van der Waals surface area contributed by atoms with E-state index in [0.717, 1.165) is 42.7 Å². The minimum absolute atomic E-state index is 0.0394. The van der Waals surface area contributed by atoms with Crippen molar-refractivity contribution in [3.63, 3.8) is 0 Å². The number of carboxylic acid groups (broad SMARTS) is 1. The Balaban J connectivity index is 1.20. The molecule has 1 saturated carbocycles. The first-order valence-electron chi connectivity index (χ1n) is 19.1. The summed E-state index contributed by atoms with van der Waals surface area (Å²) in [6, 6.07) is 14.0. The second kappa shape index (κ2) is 14.9. The number of hydrogen-bond acceptors (Lipinski definition) is 12. The van der Waals surface area contributed by atoms with E-state index in [4.69, 9.17) is 9.47 Å². The summed E-state index contributed by atoms with van der Waals surface area (Å²) in [7, 11) is 0. The monoisotopic (exact) mass is 783 g/mol. The predicted octanol–water partition coefficient (Wildman–Crippen LogP) is 2.58. The number of nitrogens with zero attached hydrogens (tertiary/aromatic N) is 2. The number of carboxylic acids is 1. The maximum absolute atomic E-state index is 14.4. The number of aromatic nitrogens is 2. The molecule has 0 spiro atoms. The number of phenols is 2. The van der Waals surface area contributed by atoms with Crippen LogP contribution in [0.2, 0.25) is 0 Å². The van der Waals surface area contributed by atoms with E-state index in [2.05, 4.69) is 22.1 Å². The number of aliphatic carboxylic acids is 1. The molecule has 1 saturated heterocycles. The number of rotatable bonds is 10. The van der Waals surface area contributed by atoms with Gasteiger partial charge in [-0.15, -0.1) is 0 Å². The summed E-state index contributed by atoms with van der Waals surface area (Å²) in [4.78, 5) is 36.0. The molecule has 57 heavy (non-hydrogen) atoms. The Morgan fingerprint density at radius 1 is 1.04 bits per heavy atom. The summed E-state index contributed by atoms with van der Waals surface area (Å²) in [5.41, 5.74) is 4.25. The SMILES string of the molecule is O=C(O)[C@H]1[C@H](C[C@]23CCC[C@H]2CCc2ccccc23)c2cc(O)c(O[C@]3(O)O[C@H](CO)[C@@H](O)[C@H](O)[C@H]3O)cc2N1C(=O)/C=C/c1ccc(O)c(Cc2cnc[nH]2)c1. The van der Waals surface area contributed by atoms with Crippen molar-refractivity contribution in [3.05, 3.63) is 107 Å². The quantitative estimate of drug-likeness (QED) is 0.0831. The van der Waals surface area contributed by atoms with Gasteiger partial charge in [-0.25, -0.2) is 9.78 Å². The highest BCUT2D eigenvalue weighted by Gasteiger charge is 2.57. The van der Waals surface area contributed by atoms with Crippen LogP contribution < -0.4 is 9.64 Å². The predicted molar refractivity (Wildman–Crippen MR) is 202 cm³/mol. The fourth-order valence-corrected chi connectivity index (χ4v) is 9.72. The van der Waals surface area contributed by atoms with Crippen LogP contribution in [0.5, 0.6) is 17.2 Å². The lowest BCUT2D eigenvalue weighted by Crippen LogP contribution is -2.67. The molecule has 300 valence electrons. The Morgan fingerprint density at radius 3 is 2.60 bits per heavy atom. The number of H-pyrrole nitrogens is 1. The minimum atomic E-state index is -3.09. The molecule has 0 bridgehead atoms. The third-order valence-corrected chi connectivity index (χ3v) is 12.4. The van der Waals surface area contributed by atoms with Gasteiger partial charge in [0.15, 0.2) is 17.6 Å². The van der Waals surface area contributed by atoms with Crippen molar-refractivity contribution in [2.75, 3.05) is 11.5 Å². The molecule has 15 nitrogen and oxygen atoms in total. The number of carbonyl (C=O) groups is 2. The van der Waals surface area contributed by atoms with Gasteiger partial charge in [-0.3, -0.25) is 9.69 Å². The van der Waals surface area contributed by atoms with Crippen molar-refractivity contribution in [2.45, 2.75) is 92.7 Å². The molecule has 8 rings (SSSR count). The van der Waals surface area contributed by atoms with Crippen LogP contribution in [0.15, 0.2) is 73.2 Å². The second-order valence-corrected chi connectivity index (χ2v) is 15.6. The van der Waals surface area contributed by atoms with E-state index in [1.165, 1.54) is 47.8 Å². The van der Waals surface area contributed by atoms with Gasteiger partial charge in [0, 0.05) is 41.9 Å². The lowest BCUT2D eigenvalue weighted by molar-refractivity contribution is -0.422. The van der Waals surface area contributed by atoms with Crippen molar-refractivity contribution < 1.29 is 59.9 Å². The molecular weight excluding hydrogens is 738 g/mol. The number of phenolic OH excluding ortho intramolecular Hbond substituents is 2. The number of aromatic hydroxyl groups is 2. The van der Waals surface area contributed by atoms with Gasteiger partial charge in [0.2, 0.25) is 0 Å². The van der Waals surface area contributed by atoms with Crippen molar-refractivity contribution in [3.8, 4) is 17.2 Å². The van der Waals surface area contributed by atoms with Crippen molar-refractivity contribution in [1.82, 2.24) is 9.97 Å².